The lowest BCUT2D eigenvalue weighted by Crippen LogP contribution is -2.13. The number of benzene rings is 2. The molecule has 2 rings (SSSR count). The molecule has 2 aromatic rings. The molecule has 2 nitrogen and oxygen atoms in total. The van der Waals surface area contributed by atoms with Gasteiger partial charge in [0.15, 0.2) is 0 Å². The summed E-state index contributed by atoms with van der Waals surface area (Å²) in [5.74, 6) is 0. The van der Waals surface area contributed by atoms with Gasteiger partial charge >= 0.3 is 0 Å². The third kappa shape index (κ3) is 3.98. The van der Waals surface area contributed by atoms with Crippen molar-refractivity contribution in [2.75, 3.05) is 11.9 Å². The van der Waals surface area contributed by atoms with Crippen LogP contribution < -0.4 is 5.32 Å². The maximum atomic E-state index is 10.2. The molecule has 1 unspecified atom stereocenters. The van der Waals surface area contributed by atoms with Gasteiger partial charge in [-0.1, -0.05) is 45.7 Å². The van der Waals surface area contributed by atoms with Gasteiger partial charge in [0.05, 0.1) is 11.8 Å². The minimum absolute atomic E-state index is 0.364. The third-order valence-electron chi connectivity index (χ3n) is 2.74. The van der Waals surface area contributed by atoms with Crippen molar-refractivity contribution < 1.29 is 5.11 Å². The Kier molecular flexibility index (Phi) is 5.93. The second-order valence-electron chi connectivity index (χ2n) is 4.16. The summed E-state index contributed by atoms with van der Waals surface area (Å²) < 4.78 is 2.78. The number of nitrogens with one attached hydrogen (secondary N) is 1. The topological polar surface area (TPSA) is 32.3 Å². The first-order valence-electron chi connectivity index (χ1n) is 5.80. The minimum atomic E-state index is -0.675. The molecular weight excluding hydrogens is 473 g/mol. The molecule has 0 fully saturated rings. The van der Waals surface area contributed by atoms with E-state index in [1.807, 2.05) is 30.3 Å². The van der Waals surface area contributed by atoms with Gasteiger partial charge in [-0.15, -0.1) is 0 Å². The molecular formula is C14H11Br3ClNO. The quantitative estimate of drug-likeness (QED) is 0.578. The number of halogens is 4. The molecule has 2 aromatic carbocycles. The molecule has 0 aliphatic rings. The van der Waals surface area contributed by atoms with Crippen LogP contribution in [-0.4, -0.2) is 11.7 Å². The van der Waals surface area contributed by atoms with Crippen molar-refractivity contribution >= 4 is 65.1 Å². The van der Waals surface area contributed by atoms with Crippen molar-refractivity contribution in [1.82, 2.24) is 0 Å². The molecule has 0 amide bonds. The maximum Gasteiger partial charge on any atom is 0.0976 e. The first kappa shape index (κ1) is 16.3. The van der Waals surface area contributed by atoms with Crippen molar-refractivity contribution in [1.29, 1.82) is 0 Å². The van der Waals surface area contributed by atoms with Gasteiger partial charge in [0.25, 0.3) is 0 Å². The molecule has 0 aliphatic heterocycles. The zero-order valence-corrected chi connectivity index (χ0v) is 15.7. The molecule has 0 bridgehead atoms. The molecule has 0 aliphatic carbocycles. The van der Waals surface area contributed by atoms with Crippen LogP contribution in [0, 0.1) is 0 Å². The smallest absolute Gasteiger partial charge is 0.0976 e. The summed E-state index contributed by atoms with van der Waals surface area (Å²) in [5.41, 5.74) is 1.60. The Balaban J connectivity index is 2.12. The number of anilines is 1. The van der Waals surface area contributed by atoms with Gasteiger partial charge in [-0.3, -0.25) is 0 Å². The van der Waals surface area contributed by atoms with E-state index >= 15 is 0 Å². The second kappa shape index (κ2) is 7.27. The maximum absolute atomic E-state index is 10.2. The van der Waals surface area contributed by atoms with E-state index in [-0.39, 0.29) is 0 Å². The van der Waals surface area contributed by atoms with Crippen LogP contribution in [0.1, 0.15) is 11.7 Å². The van der Waals surface area contributed by atoms with Crippen LogP contribution in [0.25, 0.3) is 0 Å². The van der Waals surface area contributed by atoms with Gasteiger partial charge in [0.2, 0.25) is 0 Å². The van der Waals surface area contributed by atoms with E-state index in [1.165, 1.54) is 0 Å². The molecule has 0 spiro atoms. The Morgan fingerprint density at radius 3 is 2.30 bits per heavy atom. The fourth-order valence-corrected chi connectivity index (χ4v) is 4.57. The Labute approximate surface area is 147 Å². The Morgan fingerprint density at radius 2 is 1.70 bits per heavy atom. The molecule has 106 valence electrons. The van der Waals surface area contributed by atoms with Crippen LogP contribution in [0.3, 0.4) is 0 Å². The number of hydrogen-bond donors (Lipinski definition) is 2. The molecule has 6 heteroatoms. The third-order valence-corrected chi connectivity index (χ3v) is 4.80. The summed E-state index contributed by atoms with van der Waals surface area (Å²) in [7, 11) is 0. The lowest BCUT2D eigenvalue weighted by atomic mass is 10.1. The molecule has 1 atom stereocenters. The molecule has 0 aromatic heterocycles. The fraction of sp³-hybridized carbons (Fsp3) is 0.143. The number of aliphatic hydroxyl groups excluding tert-OH is 1. The summed E-state index contributed by atoms with van der Waals surface area (Å²) in [6.45, 7) is 0.364. The predicted octanol–water partition coefficient (Wildman–Crippen LogP) is 5.77. The van der Waals surface area contributed by atoms with E-state index in [0.717, 1.165) is 19.1 Å². The zero-order chi connectivity index (χ0) is 14.7. The standard InChI is InChI=1S/C14H11Br3ClNO/c15-8-5-10(16)14(11(17)6-8)19-7-13(20)9-3-1-2-4-12(9)18/h1-6,13,19-20H,7H2. The van der Waals surface area contributed by atoms with Crippen molar-refractivity contribution in [3.8, 4) is 0 Å². The van der Waals surface area contributed by atoms with Gasteiger partial charge in [-0.25, -0.2) is 0 Å². The SMILES string of the molecule is OC(CNc1c(Br)cc(Br)cc1Br)c1ccccc1Cl. The van der Waals surface area contributed by atoms with Gasteiger partial charge in [-0.2, -0.15) is 0 Å². The van der Waals surface area contributed by atoms with E-state index in [0.29, 0.717) is 17.1 Å². The van der Waals surface area contributed by atoms with E-state index in [4.69, 9.17) is 11.6 Å². The summed E-state index contributed by atoms with van der Waals surface area (Å²) in [5, 5.41) is 14.0. The molecule has 2 N–H and O–H groups in total. The molecule has 0 saturated carbocycles. The number of hydrogen-bond acceptors (Lipinski definition) is 2. The summed E-state index contributed by atoms with van der Waals surface area (Å²) >= 11 is 16.5. The lowest BCUT2D eigenvalue weighted by Gasteiger charge is -2.16. The minimum Gasteiger partial charge on any atom is -0.387 e. The van der Waals surface area contributed by atoms with Crippen molar-refractivity contribution in [3.05, 3.63) is 60.4 Å². The van der Waals surface area contributed by atoms with Crippen LogP contribution in [0.15, 0.2) is 49.8 Å². The van der Waals surface area contributed by atoms with Crippen LogP contribution in [0.2, 0.25) is 5.02 Å². The Bertz CT molecular complexity index is 598. The van der Waals surface area contributed by atoms with Gasteiger partial charge < -0.3 is 10.4 Å². The van der Waals surface area contributed by atoms with Crippen LogP contribution in [-0.2, 0) is 0 Å². The van der Waals surface area contributed by atoms with Gasteiger partial charge in [0, 0.05) is 30.5 Å². The average molecular weight is 484 g/mol. The average Bonchev–Trinajstić information content (AvgIpc) is 2.37. The van der Waals surface area contributed by atoms with Crippen LogP contribution in [0.5, 0.6) is 0 Å². The first-order valence-corrected chi connectivity index (χ1v) is 8.55. The number of aliphatic hydroxyl groups is 1. The normalized spacial score (nSPS) is 12.2. The highest BCUT2D eigenvalue weighted by atomic mass is 79.9. The first-order chi connectivity index (χ1) is 9.49. The highest BCUT2D eigenvalue weighted by Gasteiger charge is 2.13. The summed E-state index contributed by atoms with van der Waals surface area (Å²) in [6, 6.07) is 11.2. The van der Waals surface area contributed by atoms with E-state index in [9.17, 15) is 5.11 Å². The lowest BCUT2D eigenvalue weighted by molar-refractivity contribution is 0.191. The predicted molar refractivity (Wildman–Crippen MR) is 94.4 cm³/mol. The van der Waals surface area contributed by atoms with Crippen LogP contribution >= 0.6 is 59.4 Å². The summed E-state index contributed by atoms with van der Waals surface area (Å²) in [4.78, 5) is 0. The Morgan fingerprint density at radius 1 is 1.10 bits per heavy atom. The molecule has 0 saturated heterocycles. The molecule has 0 radical (unpaired) electrons. The van der Waals surface area contributed by atoms with Gasteiger partial charge in [-0.05, 0) is 50.1 Å². The van der Waals surface area contributed by atoms with E-state index < -0.39 is 6.10 Å². The zero-order valence-electron chi connectivity index (χ0n) is 10.2. The molecule has 0 heterocycles. The fourth-order valence-electron chi connectivity index (χ4n) is 1.77. The van der Waals surface area contributed by atoms with Crippen molar-refractivity contribution in [2.24, 2.45) is 0 Å². The van der Waals surface area contributed by atoms with Crippen molar-refractivity contribution in [2.45, 2.75) is 6.10 Å². The highest BCUT2D eigenvalue weighted by molar-refractivity contribution is 9.11. The highest BCUT2D eigenvalue weighted by Crippen LogP contribution is 2.35. The van der Waals surface area contributed by atoms with Crippen LogP contribution in [0.4, 0.5) is 5.69 Å². The number of rotatable bonds is 4. The van der Waals surface area contributed by atoms with E-state index in [1.54, 1.807) is 6.07 Å². The Hall–Kier alpha value is -0.0700. The monoisotopic (exact) mass is 481 g/mol. The van der Waals surface area contributed by atoms with E-state index in [2.05, 4.69) is 53.1 Å². The summed E-state index contributed by atoms with van der Waals surface area (Å²) in [6.07, 6.45) is -0.675. The van der Waals surface area contributed by atoms with Gasteiger partial charge in [0.1, 0.15) is 0 Å². The van der Waals surface area contributed by atoms with Crippen molar-refractivity contribution in [3.63, 3.8) is 0 Å². The molecule has 20 heavy (non-hydrogen) atoms. The second-order valence-corrected chi connectivity index (χ2v) is 7.19. The largest absolute Gasteiger partial charge is 0.387 e.